The minimum Gasteiger partial charge on any atom is -0.508 e. The molecule has 0 amide bonds. The predicted molar refractivity (Wildman–Crippen MR) is 80.8 cm³/mol. The number of hydrogen-bond acceptors (Lipinski definition) is 2. The summed E-state index contributed by atoms with van der Waals surface area (Å²) in [7, 11) is 0. The van der Waals surface area contributed by atoms with Crippen LogP contribution in [0.4, 0.5) is 10.1 Å². The van der Waals surface area contributed by atoms with Crippen LogP contribution in [0.15, 0.2) is 30.3 Å². The van der Waals surface area contributed by atoms with Crippen molar-refractivity contribution in [1.82, 2.24) is 0 Å². The molecule has 2 aromatic rings. The van der Waals surface area contributed by atoms with E-state index in [-0.39, 0.29) is 11.8 Å². The molecule has 106 valence electrons. The monoisotopic (exact) mass is 273 g/mol. The fraction of sp³-hybridized carbons (Fsp3) is 0.294. The molecule has 0 saturated heterocycles. The lowest BCUT2D eigenvalue weighted by Crippen LogP contribution is -2.10. The highest BCUT2D eigenvalue weighted by Gasteiger charge is 2.13. The number of hydrogen-bond donors (Lipinski definition) is 2. The van der Waals surface area contributed by atoms with Crippen molar-refractivity contribution in [3.05, 3.63) is 58.4 Å². The van der Waals surface area contributed by atoms with Gasteiger partial charge >= 0.3 is 0 Å². The second kappa shape index (κ2) is 5.53. The zero-order valence-corrected chi connectivity index (χ0v) is 12.3. The first-order valence-electron chi connectivity index (χ1n) is 6.71. The van der Waals surface area contributed by atoms with Crippen LogP contribution in [-0.4, -0.2) is 5.11 Å². The van der Waals surface area contributed by atoms with E-state index in [2.05, 4.69) is 24.4 Å². The number of rotatable bonds is 3. The highest BCUT2D eigenvalue weighted by Crippen LogP contribution is 2.28. The molecule has 0 fully saturated rings. The quantitative estimate of drug-likeness (QED) is 0.854. The Labute approximate surface area is 119 Å². The van der Waals surface area contributed by atoms with Crippen LogP contribution < -0.4 is 5.32 Å². The van der Waals surface area contributed by atoms with E-state index >= 15 is 0 Å². The third kappa shape index (κ3) is 2.93. The van der Waals surface area contributed by atoms with Crippen molar-refractivity contribution in [2.24, 2.45) is 0 Å². The number of phenolic OH excluding ortho intramolecular Hbond substituents is 1. The van der Waals surface area contributed by atoms with Crippen LogP contribution in [0.1, 0.15) is 35.2 Å². The summed E-state index contributed by atoms with van der Waals surface area (Å²) in [6.07, 6.45) is 0. The first-order chi connectivity index (χ1) is 9.38. The summed E-state index contributed by atoms with van der Waals surface area (Å²) >= 11 is 0. The average Bonchev–Trinajstić information content (AvgIpc) is 2.33. The van der Waals surface area contributed by atoms with Gasteiger partial charge in [0.15, 0.2) is 0 Å². The lowest BCUT2D eigenvalue weighted by atomic mass is 10.0. The Morgan fingerprint density at radius 1 is 1.05 bits per heavy atom. The van der Waals surface area contributed by atoms with Gasteiger partial charge < -0.3 is 10.4 Å². The van der Waals surface area contributed by atoms with Gasteiger partial charge in [-0.05, 0) is 44.9 Å². The van der Waals surface area contributed by atoms with E-state index in [0.29, 0.717) is 5.56 Å². The van der Waals surface area contributed by atoms with Crippen LogP contribution in [0.5, 0.6) is 5.75 Å². The molecule has 0 heterocycles. The van der Waals surface area contributed by atoms with Gasteiger partial charge in [0, 0.05) is 17.3 Å². The van der Waals surface area contributed by atoms with Gasteiger partial charge in [-0.25, -0.2) is 4.39 Å². The minimum absolute atomic E-state index is 0.0545. The van der Waals surface area contributed by atoms with Crippen LogP contribution in [0.25, 0.3) is 0 Å². The van der Waals surface area contributed by atoms with E-state index in [9.17, 15) is 9.50 Å². The van der Waals surface area contributed by atoms with Gasteiger partial charge in [-0.1, -0.05) is 23.8 Å². The highest BCUT2D eigenvalue weighted by atomic mass is 19.1. The van der Waals surface area contributed by atoms with Crippen LogP contribution >= 0.6 is 0 Å². The molecular formula is C17H20FNO. The molecule has 2 nitrogen and oxygen atoms in total. The first-order valence-corrected chi connectivity index (χ1v) is 6.71. The molecule has 2 rings (SSSR count). The summed E-state index contributed by atoms with van der Waals surface area (Å²) < 4.78 is 13.9. The minimum atomic E-state index is -0.396. The molecule has 0 aliphatic carbocycles. The zero-order valence-electron chi connectivity index (χ0n) is 12.3. The average molecular weight is 273 g/mol. The summed E-state index contributed by atoms with van der Waals surface area (Å²) in [6, 6.07) is 8.30. The van der Waals surface area contributed by atoms with Crippen LogP contribution in [0.2, 0.25) is 0 Å². The second-order valence-corrected chi connectivity index (χ2v) is 5.35. The number of aromatic hydroxyl groups is 1. The molecule has 2 aromatic carbocycles. The number of nitrogens with one attached hydrogen (secondary N) is 1. The molecule has 0 saturated carbocycles. The Morgan fingerprint density at radius 3 is 2.20 bits per heavy atom. The maximum Gasteiger partial charge on any atom is 0.132 e. The number of aryl methyl sites for hydroxylation is 3. The summed E-state index contributed by atoms with van der Waals surface area (Å²) in [5, 5.41) is 12.6. The Morgan fingerprint density at radius 2 is 1.65 bits per heavy atom. The highest BCUT2D eigenvalue weighted by molar-refractivity contribution is 5.59. The maximum atomic E-state index is 13.9. The van der Waals surface area contributed by atoms with Crippen molar-refractivity contribution < 1.29 is 9.50 Å². The van der Waals surface area contributed by atoms with E-state index in [1.54, 1.807) is 6.07 Å². The Kier molecular flexibility index (Phi) is 3.98. The van der Waals surface area contributed by atoms with E-state index < -0.39 is 5.82 Å². The molecule has 0 aromatic heterocycles. The van der Waals surface area contributed by atoms with Crippen LogP contribution in [-0.2, 0) is 0 Å². The second-order valence-electron chi connectivity index (χ2n) is 5.35. The van der Waals surface area contributed by atoms with Gasteiger partial charge in [-0.2, -0.15) is 0 Å². The predicted octanol–water partition coefficient (Wildman–Crippen LogP) is 4.63. The molecule has 0 bridgehead atoms. The molecule has 1 atom stereocenters. The molecule has 1 unspecified atom stereocenters. The summed E-state index contributed by atoms with van der Waals surface area (Å²) in [6.45, 7) is 8.06. The van der Waals surface area contributed by atoms with Gasteiger partial charge in [0.2, 0.25) is 0 Å². The van der Waals surface area contributed by atoms with Crippen molar-refractivity contribution in [2.75, 3.05) is 5.32 Å². The molecule has 2 N–H and O–H groups in total. The fourth-order valence-electron chi connectivity index (χ4n) is 2.57. The Hall–Kier alpha value is -2.03. The van der Waals surface area contributed by atoms with Gasteiger partial charge in [0.05, 0.1) is 6.04 Å². The van der Waals surface area contributed by atoms with E-state index in [4.69, 9.17) is 0 Å². The number of benzene rings is 2. The lowest BCUT2D eigenvalue weighted by Gasteiger charge is -2.20. The fourth-order valence-corrected chi connectivity index (χ4v) is 2.57. The van der Waals surface area contributed by atoms with E-state index in [1.807, 2.05) is 20.8 Å². The lowest BCUT2D eigenvalue weighted by molar-refractivity contribution is 0.467. The SMILES string of the molecule is Cc1cc(C)c(NC(C)c2ccc(O)cc2F)c(C)c1. The standard InChI is InChI=1S/C17H20FNO/c1-10-7-11(2)17(12(3)8-10)19-13(4)15-6-5-14(20)9-16(15)18/h5-9,13,19-20H,1-4H3. The largest absolute Gasteiger partial charge is 0.508 e. The third-order valence-corrected chi connectivity index (χ3v) is 3.49. The van der Waals surface area contributed by atoms with Gasteiger partial charge in [-0.3, -0.25) is 0 Å². The summed E-state index contributed by atoms with van der Waals surface area (Å²) in [5.41, 5.74) is 5.09. The van der Waals surface area contributed by atoms with Crippen molar-refractivity contribution in [3.63, 3.8) is 0 Å². The molecule has 0 spiro atoms. The van der Waals surface area contributed by atoms with Crippen molar-refractivity contribution >= 4 is 5.69 Å². The zero-order chi connectivity index (χ0) is 14.9. The topological polar surface area (TPSA) is 32.3 Å². The van der Waals surface area contributed by atoms with E-state index in [0.717, 1.165) is 22.9 Å². The van der Waals surface area contributed by atoms with Crippen LogP contribution in [0, 0.1) is 26.6 Å². The van der Waals surface area contributed by atoms with Gasteiger partial charge in [-0.15, -0.1) is 0 Å². The maximum absolute atomic E-state index is 13.9. The Balaban J connectivity index is 2.30. The van der Waals surface area contributed by atoms with Gasteiger partial charge in [0.1, 0.15) is 11.6 Å². The first kappa shape index (κ1) is 14.4. The van der Waals surface area contributed by atoms with Crippen molar-refractivity contribution in [2.45, 2.75) is 33.7 Å². The third-order valence-electron chi connectivity index (χ3n) is 3.49. The van der Waals surface area contributed by atoms with E-state index in [1.165, 1.54) is 11.6 Å². The Bertz CT molecular complexity index is 614. The van der Waals surface area contributed by atoms with Crippen LogP contribution in [0.3, 0.4) is 0 Å². The molecule has 0 aliphatic rings. The normalized spacial score (nSPS) is 12.2. The molecular weight excluding hydrogens is 253 g/mol. The summed E-state index contributed by atoms with van der Waals surface area (Å²) in [4.78, 5) is 0. The number of anilines is 1. The molecule has 20 heavy (non-hydrogen) atoms. The number of phenols is 1. The number of halogens is 1. The molecule has 3 heteroatoms. The van der Waals surface area contributed by atoms with Crippen molar-refractivity contribution in [1.29, 1.82) is 0 Å². The molecule has 0 radical (unpaired) electrons. The molecule has 0 aliphatic heterocycles. The van der Waals surface area contributed by atoms with Crippen molar-refractivity contribution in [3.8, 4) is 5.75 Å². The summed E-state index contributed by atoms with van der Waals surface area (Å²) in [5.74, 6) is -0.450. The van der Waals surface area contributed by atoms with Gasteiger partial charge in [0.25, 0.3) is 0 Å². The smallest absolute Gasteiger partial charge is 0.132 e.